The highest BCUT2D eigenvalue weighted by Gasteiger charge is 2.46. The van der Waals surface area contributed by atoms with Gasteiger partial charge in [-0.2, -0.15) is 4.98 Å². The van der Waals surface area contributed by atoms with Gasteiger partial charge in [-0.3, -0.25) is 4.90 Å². The van der Waals surface area contributed by atoms with Gasteiger partial charge < -0.3 is 9.05 Å². The van der Waals surface area contributed by atoms with E-state index in [1.54, 1.807) is 0 Å². The average molecular weight is 336 g/mol. The molecule has 0 unspecified atom stereocenters. The van der Waals surface area contributed by atoms with Crippen LogP contribution in [-0.2, 0) is 0 Å². The molecule has 0 saturated carbocycles. The quantitative estimate of drug-likeness (QED) is 0.726. The Morgan fingerprint density at radius 2 is 2.00 bits per heavy atom. The highest BCUT2D eigenvalue weighted by atomic mass is 16.5. The zero-order valence-corrected chi connectivity index (χ0v) is 14.1. The molecular formula is C19H20N4O2. The van der Waals surface area contributed by atoms with Crippen molar-refractivity contribution in [1.82, 2.24) is 20.2 Å². The number of hydrogen-bond donors (Lipinski definition) is 0. The lowest BCUT2D eigenvalue weighted by Crippen LogP contribution is -2.27. The predicted molar refractivity (Wildman–Crippen MR) is 90.8 cm³/mol. The van der Waals surface area contributed by atoms with E-state index < -0.39 is 0 Å². The van der Waals surface area contributed by atoms with Crippen molar-refractivity contribution in [3.8, 4) is 11.6 Å². The van der Waals surface area contributed by atoms with Crippen molar-refractivity contribution in [3.63, 3.8) is 0 Å². The van der Waals surface area contributed by atoms with E-state index in [1.165, 1.54) is 18.4 Å². The molecule has 4 heterocycles. The zero-order chi connectivity index (χ0) is 16.8. The molecule has 0 radical (unpaired) electrons. The first-order valence-corrected chi connectivity index (χ1v) is 8.87. The van der Waals surface area contributed by atoms with Gasteiger partial charge in [0.15, 0.2) is 11.5 Å². The van der Waals surface area contributed by atoms with Gasteiger partial charge in [0.05, 0.1) is 0 Å². The maximum atomic E-state index is 5.46. The summed E-state index contributed by atoms with van der Waals surface area (Å²) in [7, 11) is 0. The fraction of sp³-hybridized carbons (Fsp3) is 0.421. The average Bonchev–Trinajstić information content (AvgIpc) is 3.39. The molecule has 6 heteroatoms. The molecule has 2 aliphatic heterocycles. The summed E-state index contributed by atoms with van der Waals surface area (Å²) < 4.78 is 10.6. The van der Waals surface area contributed by atoms with Gasteiger partial charge in [0.2, 0.25) is 0 Å². The van der Waals surface area contributed by atoms with Crippen LogP contribution in [0.2, 0.25) is 0 Å². The Kier molecular flexibility index (Phi) is 3.45. The summed E-state index contributed by atoms with van der Waals surface area (Å²) in [6.07, 6.45) is 3.46. The lowest BCUT2D eigenvalue weighted by atomic mass is 9.94. The van der Waals surface area contributed by atoms with Crippen LogP contribution in [0.1, 0.15) is 48.4 Å². The molecule has 6 nitrogen and oxygen atoms in total. The largest absolute Gasteiger partial charge is 0.361 e. The summed E-state index contributed by atoms with van der Waals surface area (Å²) in [4.78, 5) is 7.26. The summed E-state index contributed by atoms with van der Waals surface area (Å²) in [5.74, 6) is 2.28. The van der Waals surface area contributed by atoms with E-state index in [1.807, 2.05) is 13.0 Å². The maximum Gasteiger partial charge on any atom is 0.280 e. The van der Waals surface area contributed by atoms with Crippen LogP contribution in [0.4, 0.5) is 0 Å². The number of rotatable bonds is 3. The van der Waals surface area contributed by atoms with Crippen LogP contribution < -0.4 is 0 Å². The zero-order valence-electron chi connectivity index (χ0n) is 14.1. The number of benzene rings is 1. The molecule has 0 amide bonds. The number of aryl methyl sites for hydroxylation is 1. The third kappa shape index (κ3) is 2.48. The SMILES string of the molecule is Cc1cc(-c2nc([C@H]3C[C@@H](c4ccccc4)N4CCC[C@H]34)no2)no1. The third-order valence-corrected chi connectivity index (χ3v) is 5.49. The second-order valence-corrected chi connectivity index (χ2v) is 7.00. The van der Waals surface area contributed by atoms with E-state index >= 15 is 0 Å². The molecule has 0 spiro atoms. The van der Waals surface area contributed by atoms with Crippen LogP contribution in [0.25, 0.3) is 11.6 Å². The van der Waals surface area contributed by atoms with Gasteiger partial charge in [0, 0.05) is 24.1 Å². The van der Waals surface area contributed by atoms with Crippen molar-refractivity contribution in [2.24, 2.45) is 0 Å². The van der Waals surface area contributed by atoms with Crippen LogP contribution in [-0.4, -0.2) is 32.8 Å². The van der Waals surface area contributed by atoms with Gasteiger partial charge in [-0.1, -0.05) is 40.6 Å². The topological polar surface area (TPSA) is 68.2 Å². The molecule has 5 rings (SSSR count). The van der Waals surface area contributed by atoms with Crippen LogP contribution in [0.3, 0.4) is 0 Å². The van der Waals surface area contributed by atoms with Crippen LogP contribution in [0.5, 0.6) is 0 Å². The van der Waals surface area contributed by atoms with Crippen molar-refractivity contribution in [1.29, 1.82) is 0 Å². The molecule has 2 aromatic heterocycles. The molecule has 0 N–H and O–H groups in total. The molecule has 2 fully saturated rings. The van der Waals surface area contributed by atoms with E-state index in [0.717, 1.165) is 24.6 Å². The Morgan fingerprint density at radius 3 is 2.80 bits per heavy atom. The van der Waals surface area contributed by atoms with Gasteiger partial charge >= 0.3 is 0 Å². The van der Waals surface area contributed by atoms with Crippen molar-refractivity contribution in [2.45, 2.75) is 44.2 Å². The molecule has 0 bridgehead atoms. The first kappa shape index (κ1) is 14.8. The number of aromatic nitrogens is 3. The monoisotopic (exact) mass is 336 g/mol. The van der Waals surface area contributed by atoms with Gasteiger partial charge in [-0.15, -0.1) is 0 Å². The molecule has 25 heavy (non-hydrogen) atoms. The van der Waals surface area contributed by atoms with Crippen LogP contribution >= 0.6 is 0 Å². The molecular weight excluding hydrogens is 316 g/mol. The Balaban J connectivity index is 1.45. The molecule has 3 aromatic rings. The first-order chi connectivity index (χ1) is 12.3. The Labute approximate surface area is 145 Å². The minimum absolute atomic E-state index is 0.304. The number of nitrogens with zero attached hydrogens (tertiary/aromatic N) is 4. The van der Waals surface area contributed by atoms with Crippen molar-refractivity contribution < 1.29 is 9.05 Å². The fourth-order valence-corrected chi connectivity index (χ4v) is 4.40. The Bertz CT molecular complexity index is 872. The minimum Gasteiger partial charge on any atom is -0.361 e. The lowest BCUT2D eigenvalue weighted by molar-refractivity contribution is 0.243. The smallest absolute Gasteiger partial charge is 0.280 e. The van der Waals surface area contributed by atoms with Crippen molar-refractivity contribution in [2.75, 3.05) is 6.54 Å². The van der Waals surface area contributed by atoms with Crippen LogP contribution in [0.15, 0.2) is 45.4 Å². The maximum absolute atomic E-state index is 5.46. The van der Waals surface area contributed by atoms with Crippen molar-refractivity contribution in [3.05, 3.63) is 53.5 Å². The molecule has 2 aliphatic rings. The first-order valence-electron chi connectivity index (χ1n) is 8.87. The molecule has 128 valence electrons. The molecule has 0 aliphatic carbocycles. The van der Waals surface area contributed by atoms with E-state index in [0.29, 0.717) is 29.6 Å². The molecule has 1 aromatic carbocycles. The van der Waals surface area contributed by atoms with Crippen molar-refractivity contribution >= 4 is 0 Å². The molecule has 2 saturated heterocycles. The van der Waals surface area contributed by atoms with E-state index in [2.05, 4.69) is 50.5 Å². The molecule has 3 atom stereocenters. The van der Waals surface area contributed by atoms with Gasteiger partial charge in [0.1, 0.15) is 5.76 Å². The van der Waals surface area contributed by atoms with E-state index in [9.17, 15) is 0 Å². The van der Waals surface area contributed by atoms with Gasteiger partial charge in [0.25, 0.3) is 5.89 Å². The van der Waals surface area contributed by atoms with Crippen LogP contribution in [0, 0.1) is 6.92 Å². The number of hydrogen-bond acceptors (Lipinski definition) is 6. The van der Waals surface area contributed by atoms with E-state index in [4.69, 9.17) is 9.05 Å². The minimum atomic E-state index is 0.304. The predicted octanol–water partition coefficient (Wildman–Crippen LogP) is 3.73. The second-order valence-electron chi connectivity index (χ2n) is 7.00. The summed E-state index contributed by atoms with van der Waals surface area (Å²) in [6.45, 7) is 3.00. The summed E-state index contributed by atoms with van der Waals surface area (Å²) >= 11 is 0. The lowest BCUT2D eigenvalue weighted by Gasteiger charge is -2.24. The third-order valence-electron chi connectivity index (χ3n) is 5.49. The summed E-state index contributed by atoms with van der Waals surface area (Å²) in [5.41, 5.74) is 1.99. The summed E-state index contributed by atoms with van der Waals surface area (Å²) in [5, 5.41) is 8.25. The second kappa shape index (κ2) is 5.81. The standard InChI is InChI=1S/C19H20N4O2/c1-12-10-15(21-24-12)19-20-18(22-25-19)14-11-17(13-6-3-2-4-7-13)23-9-5-8-16(14)23/h2-4,6-7,10,14,16-17H,5,8-9,11H2,1H3/t14-,16+,17-/m0/s1. The van der Waals surface area contributed by atoms with Gasteiger partial charge in [-0.05, 0) is 38.3 Å². The van der Waals surface area contributed by atoms with E-state index in [-0.39, 0.29) is 0 Å². The van der Waals surface area contributed by atoms with Gasteiger partial charge in [-0.25, -0.2) is 0 Å². The Hall–Kier alpha value is -2.47. The highest BCUT2D eigenvalue weighted by molar-refractivity contribution is 5.45. The fourth-order valence-electron chi connectivity index (χ4n) is 4.40. The highest BCUT2D eigenvalue weighted by Crippen LogP contribution is 2.48. The normalized spacial score (nSPS) is 26.2. The summed E-state index contributed by atoms with van der Waals surface area (Å²) in [6, 6.07) is 13.5. The number of fused-ring (bicyclic) bond motifs is 1. The Morgan fingerprint density at radius 1 is 1.12 bits per heavy atom.